The second-order valence-corrected chi connectivity index (χ2v) is 6.94. The van der Waals surface area contributed by atoms with Crippen molar-refractivity contribution in [2.75, 3.05) is 31.4 Å². The van der Waals surface area contributed by atoms with Crippen LogP contribution >= 0.6 is 23.5 Å². The number of aliphatic hydroxyl groups excluding tert-OH is 1. The second kappa shape index (κ2) is 5.34. The molecule has 1 N–H and O–H groups in total. The van der Waals surface area contributed by atoms with Gasteiger partial charge < -0.3 is 10.0 Å². The molecule has 2 rings (SSSR count). The monoisotopic (exact) mass is 255 g/mol. The van der Waals surface area contributed by atoms with E-state index in [-0.39, 0.29) is 0 Å². The molecule has 2 nitrogen and oxygen atoms in total. The number of benzene rings is 1. The lowest BCUT2D eigenvalue weighted by molar-refractivity contribution is 0.301. The van der Waals surface area contributed by atoms with Crippen molar-refractivity contribution in [1.82, 2.24) is 0 Å². The Labute approximate surface area is 105 Å². The highest BCUT2D eigenvalue weighted by Gasteiger charge is 2.26. The van der Waals surface area contributed by atoms with Gasteiger partial charge in [-0.1, -0.05) is 12.1 Å². The van der Waals surface area contributed by atoms with Crippen LogP contribution in [0.2, 0.25) is 0 Å². The van der Waals surface area contributed by atoms with Gasteiger partial charge in [0.15, 0.2) is 0 Å². The maximum atomic E-state index is 9.11. The highest BCUT2D eigenvalue weighted by atomic mass is 32.2. The number of anilines is 1. The SMILES string of the molecule is CN(C)c1ccc(C2SCC(CO)S2)cc1. The van der Waals surface area contributed by atoms with E-state index in [1.54, 1.807) is 0 Å². The third kappa shape index (κ3) is 2.67. The second-order valence-electron chi connectivity index (χ2n) is 4.09. The summed E-state index contributed by atoms with van der Waals surface area (Å²) in [6.07, 6.45) is 0. The van der Waals surface area contributed by atoms with Gasteiger partial charge in [0.25, 0.3) is 0 Å². The molecule has 2 unspecified atom stereocenters. The first-order valence-corrected chi connectivity index (χ1v) is 7.35. The fourth-order valence-corrected chi connectivity index (χ4v) is 4.81. The van der Waals surface area contributed by atoms with E-state index in [2.05, 4.69) is 43.3 Å². The van der Waals surface area contributed by atoms with Crippen molar-refractivity contribution < 1.29 is 5.11 Å². The minimum absolute atomic E-state index is 0.296. The summed E-state index contributed by atoms with van der Waals surface area (Å²) < 4.78 is 0.494. The van der Waals surface area contributed by atoms with Gasteiger partial charge in [0.1, 0.15) is 0 Å². The van der Waals surface area contributed by atoms with E-state index < -0.39 is 0 Å². The van der Waals surface area contributed by atoms with Gasteiger partial charge in [-0.15, -0.1) is 23.5 Å². The van der Waals surface area contributed by atoms with Crippen LogP contribution < -0.4 is 4.90 Å². The third-order valence-corrected chi connectivity index (χ3v) is 5.98. The fourth-order valence-electron chi connectivity index (χ4n) is 1.65. The van der Waals surface area contributed by atoms with Gasteiger partial charge in [-0.05, 0) is 17.7 Å². The van der Waals surface area contributed by atoms with Crippen molar-refractivity contribution in [2.45, 2.75) is 9.83 Å². The van der Waals surface area contributed by atoms with Gasteiger partial charge in [0.2, 0.25) is 0 Å². The third-order valence-electron chi connectivity index (χ3n) is 2.63. The molecule has 0 radical (unpaired) electrons. The molecule has 0 aliphatic carbocycles. The number of thioether (sulfide) groups is 2. The molecule has 1 heterocycles. The Morgan fingerprint density at radius 1 is 1.31 bits per heavy atom. The van der Waals surface area contributed by atoms with Gasteiger partial charge in [-0.25, -0.2) is 0 Å². The molecule has 0 amide bonds. The first-order valence-electron chi connectivity index (χ1n) is 5.36. The van der Waals surface area contributed by atoms with E-state index in [1.807, 2.05) is 23.5 Å². The van der Waals surface area contributed by atoms with Gasteiger partial charge >= 0.3 is 0 Å². The molecule has 16 heavy (non-hydrogen) atoms. The van der Waals surface area contributed by atoms with Crippen LogP contribution in [0.4, 0.5) is 5.69 Å². The molecule has 88 valence electrons. The average molecular weight is 255 g/mol. The lowest BCUT2D eigenvalue weighted by atomic mass is 10.2. The lowest BCUT2D eigenvalue weighted by Crippen LogP contribution is -2.08. The number of aliphatic hydroxyl groups is 1. The smallest absolute Gasteiger partial charge is 0.0755 e. The predicted molar refractivity (Wildman–Crippen MR) is 74.4 cm³/mol. The van der Waals surface area contributed by atoms with E-state index in [4.69, 9.17) is 5.11 Å². The number of hydrogen-bond donors (Lipinski definition) is 1. The Morgan fingerprint density at radius 3 is 2.50 bits per heavy atom. The largest absolute Gasteiger partial charge is 0.395 e. The highest BCUT2D eigenvalue weighted by molar-refractivity contribution is 8.19. The molecule has 0 bridgehead atoms. The molecule has 2 atom stereocenters. The van der Waals surface area contributed by atoms with Crippen LogP contribution in [0, 0.1) is 0 Å². The molecule has 1 aliphatic rings. The fraction of sp³-hybridized carbons (Fsp3) is 0.500. The van der Waals surface area contributed by atoms with Crippen molar-refractivity contribution in [3.05, 3.63) is 29.8 Å². The van der Waals surface area contributed by atoms with Crippen LogP contribution in [-0.4, -0.2) is 36.8 Å². The summed E-state index contributed by atoms with van der Waals surface area (Å²) in [6.45, 7) is 0.296. The van der Waals surface area contributed by atoms with Crippen LogP contribution in [0.3, 0.4) is 0 Å². The summed E-state index contributed by atoms with van der Waals surface area (Å²) >= 11 is 3.81. The summed E-state index contributed by atoms with van der Waals surface area (Å²) in [7, 11) is 4.10. The Morgan fingerprint density at radius 2 is 2.00 bits per heavy atom. The summed E-state index contributed by atoms with van der Waals surface area (Å²) in [5.41, 5.74) is 2.59. The number of hydrogen-bond acceptors (Lipinski definition) is 4. The van der Waals surface area contributed by atoms with Crippen molar-refractivity contribution in [3.63, 3.8) is 0 Å². The summed E-state index contributed by atoms with van der Waals surface area (Å²) in [6, 6.07) is 8.70. The van der Waals surface area contributed by atoms with Crippen LogP contribution in [0.1, 0.15) is 10.1 Å². The van der Waals surface area contributed by atoms with Crippen LogP contribution in [0.25, 0.3) is 0 Å². The van der Waals surface area contributed by atoms with Gasteiger partial charge in [0, 0.05) is 30.8 Å². The zero-order valence-corrected chi connectivity index (χ0v) is 11.2. The van der Waals surface area contributed by atoms with E-state index in [1.165, 1.54) is 11.3 Å². The Balaban J connectivity index is 2.05. The van der Waals surface area contributed by atoms with Crippen LogP contribution in [0.15, 0.2) is 24.3 Å². The molecule has 1 saturated heterocycles. The molecule has 0 spiro atoms. The minimum atomic E-state index is 0.296. The lowest BCUT2D eigenvalue weighted by Gasteiger charge is -2.14. The van der Waals surface area contributed by atoms with Crippen molar-refractivity contribution >= 4 is 29.2 Å². The summed E-state index contributed by atoms with van der Waals surface area (Å²) in [5, 5.41) is 9.51. The topological polar surface area (TPSA) is 23.5 Å². The average Bonchev–Trinajstić information content (AvgIpc) is 2.77. The Bertz CT molecular complexity index is 339. The van der Waals surface area contributed by atoms with E-state index in [0.29, 0.717) is 16.4 Å². The van der Waals surface area contributed by atoms with Gasteiger partial charge in [-0.3, -0.25) is 0 Å². The normalized spacial score (nSPS) is 24.7. The standard InChI is InChI=1S/C12H17NOS2/c1-13(2)10-5-3-9(4-6-10)12-15-8-11(7-14)16-12/h3-6,11-12,14H,7-8H2,1-2H3. The van der Waals surface area contributed by atoms with Gasteiger partial charge in [0.05, 0.1) is 11.2 Å². The number of rotatable bonds is 3. The molecule has 0 saturated carbocycles. The molecule has 1 fully saturated rings. The van der Waals surface area contributed by atoms with Crippen molar-refractivity contribution in [1.29, 1.82) is 0 Å². The molecular weight excluding hydrogens is 238 g/mol. The molecular formula is C12H17NOS2. The minimum Gasteiger partial charge on any atom is -0.395 e. The quantitative estimate of drug-likeness (QED) is 0.897. The zero-order chi connectivity index (χ0) is 11.5. The van der Waals surface area contributed by atoms with Crippen molar-refractivity contribution in [3.8, 4) is 0 Å². The van der Waals surface area contributed by atoms with Crippen LogP contribution in [-0.2, 0) is 0 Å². The Kier molecular flexibility index (Phi) is 4.05. The summed E-state index contributed by atoms with van der Waals surface area (Å²) in [4.78, 5) is 2.11. The highest BCUT2D eigenvalue weighted by Crippen LogP contribution is 2.49. The predicted octanol–water partition coefficient (Wildman–Crippen LogP) is 2.59. The zero-order valence-electron chi connectivity index (χ0n) is 9.59. The molecule has 1 aliphatic heterocycles. The van der Waals surface area contributed by atoms with E-state index in [0.717, 1.165) is 5.75 Å². The van der Waals surface area contributed by atoms with E-state index in [9.17, 15) is 0 Å². The molecule has 1 aromatic rings. The maximum Gasteiger partial charge on any atom is 0.0755 e. The van der Waals surface area contributed by atoms with E-state index >= 15 is 0 Å². The first-order chi connectivity index (χ1) is 7.70. The van der Waals surface area contributed by atoms with Crippen molar-refractivity contribution in [2.24, 2.45) is 0 Å². The Hall–Kier alpha value is -0.320. The van der Waals surface area contributed by atoms with Crippen LogP contribution in [0.5, 0.6) is 0 Å². The molecule has 0 aromatic heterocycles. The number of nitrogens with zero attached hydrogens (tertiary/aromatic N) is 1. The molecule has 4 heteroatoms. The first kappa shape index (κ1) is 12.1. The summed E-state index contributed by atoms with van der Waals surface area (Å²) in [5.74, 6) is 1.06. The maximum absolute atomic E-state index is 9.11. The van der Waals surface area contributed by atoms with Gasteiger partial charge in [-0.2, -0.15) is 0 Å². The molecule has 1 aromatic carbocycles.